The zero-order valence-electron chi connectivity index (χ0n) is 12.6. The largest absolute Gasteiger partial charge is 0.285 e. The number of nitrogens with zero attached hydrogens (tertiary/aromatic N) is 3. The lowest BCUT2D eigenvalue weighted by molar-refractivity contribution is 0.716. The SMILES string of the molecule is CN(c1ccncc1)n1cccc1CCc1ccccc1.Cl. The molecular formula is C18H20ClN3. The third-order valence-corrected chi connectivity index (χ3v) is 3.68. The van der Waals surface area contributed by atoms with Crippen LogP contribution in [0.4, 0.5) is 5.69 Å². The zero-order valence-corrected chi connectivity index (χ0v) is 13.4. The van der Waals surface area contributed by atoms with Crippen LogP contribution in [0.1, 0.15) is 11.3 Å². The Kier molecular flexibility index (Phi) is 5.61. The number of pyridine rings is 1. The van der Waals surface area contributed by atoms with E-state index < -0.39 is 0 Å². The van der Waals surface area contributed by atoms with Crippen LogP contribution in [0.5, 0.6) is 0 Å². The molecule has 0 atom stereocenters. The molecule has 0 fully saturated rings. The molecule has 3 nitrogen and oxygen atoms in total. The molecule has 0 spiro atoms. The minimum Gasteiger partial charge on any atom is -0.285 e. The van der Waals surface area contributed by atoms with E-state index in [9.17, 15) is 0 Å². The molecule has 0 radical (unpaired) electrons. The third kappa shape index (κ3) is 3.68. The van der Waals surface area contributed by atoms with Gasteiger partial charge in [-0.25, -0.2) is 0 Å². The maximum atomic E-state index is 4.07. The first-order chi connectivity index (χ1) is 10.3. The highest BCUT2D eigenvalue weighted by Crippen LogP contribution is 2.15. The number of rotatable bonds is 5. The molecule has 0 aliphatic rings. The van der Waals surface area contributed by atoms with E-state index in [-0.39, 0.29) is 12.4 Å². The van der Waals surface area contributed by atoms with Gasteiger partial charge in [-0.2, -0.15) is 0 Å². The van der Waals surface area contributed by atoms with Crippen LogP contribution in [-0.2, 0) is 12.8 Å². The number of benzene rings is 1. The van der Waals surface area contributed by atoms with Crippen LogP contribution in [0.25, 0.3) is 0 Å². The summed E-state index contributed by atoms with van der Waals surface area (Å²) >= 11 is 0. The molecule has 114 valence electrons. The van der Waals surface area contributed by atoms with Crippen molar-refractivity contribution in [2.24, 2.45) is 0 Å². The van der Waals surface area contributed by atoms with Crippen molar-refractivity contribution in [3.05, 3.63) is 84.4 Å². The Bertz CT molecular complexity index is 680. The zero-order chi connectivity index (χ0) is 14.5. The number of halogens is 1. The van der Waals surface area contributed by atoms with Crippen molar-refractivity contribution >= 4 is 18.1 Å². The van der Waals surface area contributed by atoms with Crippen molar-refractivity contribution in [1.82, 2.24) is 9.66 Å². The lowest BCUT2D eigenvalue weighted by Crippen LogP contribution is -2.25. The minimum atomic E-state index is 0. The smallest absolute Gasteiger partial charge is 0.0605 e. The quantitative estimate of drug-likeness (QED) is 0.710. The predicted octanol–water partition coefficient (Wildman–Crippen LogP) is 3.99. The van der Waals surface area contributed by atoms with Crippen LogP contribution in [0.2, 0.25) is 0 Å². The van der Waals surface area contributed by atoms with Crippen LogP contribution in [0.15, 0.2) is 73.2 Å². The minimum absolute atomic E-state index is 0. The predicted molar refractivity (Wildman–Crippen MR) is 93.6 cm³/mol. The summed E-state index contributed by atoms with van der Waals surface area (Å²) in [5, 5.41) is 2.14. The van der Waals surface area contributed by atoms with Gasteiger partial charge in [0.15, 0.2) is 0 Å². The molecule has 22 heavy (non-hydrogen) atoms. The summed E-state index contributed by atoms with van der Waals surface area (Å²) in [7, 11) is 2.07. The monoisotopic (exact) mass is 313 g/mol. The fraction of sp³-hybridized carbons (Fsp3) is 0.167. The van der Waals surface area contributed by atoms with Gasteiger partial charge >= 0.3 is 0 Å². The lowest BCUT2D eigenvalue weighted by atomic mass is 10.1. The average molecular weight is 314 g/mol. The second kappa shape index (κ2) is 7.66. The van der Waals surface area contributed by atoms with Gasteiger partial charge in [0.25, 0.3) is 0 Å². The van der Waals surface area contributed by atoms with Gasteiger partial charge in [-0.05, 0) is 42.7 Å². The van der Waals surface area contributed by atoms with Crippen molar-refractivity contribution in [3.63, 3.8) is 0 Å². The Morgan fingerprint density at radius 2 is 1.64 bits per heavy atom. The Hall–Kier alpha value is -2.26. The Labute approximate surface area is 137 Å². The van der Waals surface area contributed by atoms with E-state index in [1.54, 1.807) is 0 Å². The molecule has 0 aliphatic carbocycles. The van der Waals surface area contributed by atoms with Gasteiger partial charge in [0.2, 0.25) is 0 Å². The molecule has 0 saturated heterocycles. The van der Waals surface area contributed by atoms with Crippen molar-refractivity contribution in [3.8, 4) is 0 Å². The van der Waals surface area contributed by atoms with Gasteiger partial charge in [-0.1, -0.05) is 30.3 Å². The molecular weight excluding hydrogens is 294 g/mol. The Morgan fingerprint density at radius 1 is 0.909 bits per heavy atom. The van der Waals surface area contributed by atoms with Gasteiger partial charge in [0, 0.05) is 31.3 Å². The topological polar surface area (TPSA) is 21.1 Å². The first-order valence-electron chi connectivity index (χ1n) is 7.19. The highest BCUT2D eigenvalue weighted by molar-refractivity contribution is 5.85. The number of aryl methyl sites for hydroxylation is 2. The number of anilines is 1. The summed E-state index contributed by atoms with van der Waals surface area (Å²) < 4.78 is 2.19. The third-order valence-electron chi connectivity index (χ3n) is 3.68. The summed E-state index contributed by atoms with van der Waals surface area (Å²) in [6.45, 7) is 0. The molecule has 0 N–H and O–H groups in total. The van der Waals surface area contributed by atoms with E-state index in [1.165, 1.54) is 11.3 Å². The second-order valence-corrected chi connectivity index (χ2v) is 5.06. The molecule has 0 bridgehead atoms. The van der Waals surface area contributed by atoms with E-state index in [4.69, 9.17) is 0 Å². The van der Waals surface area contributed by atoms with Crippen molar-refractivity contribution in [1.29, 1.82) is 0 Å². The van der Waals surface area contributed by atoms with E-state index in [1.807, 2.05) is 24.5 Å². The van der Waals surface area contributed by atoms with Crippen LogP contribution in [-0.4, -0.2) is 16.7 Å². The van der Waals surface area contributed by atoms with Crippen LogP contribution < -0.4 is 5.01 Å². The molecule has 0 amide bonds. The Balaban J connectivity index is 0.00000176. The summed E-state index contributed by atoms with van der Waals surface area (Å²) in [6, 6.07) is 18.9. The second-order valence-electron chi connectivity index (χ2n) is 5.06. The Morgan fingerprint density at radius 3 is 2.36 bits per heavy atom. The molecule has 0 aliphatic heterocycles. The first kappa shape index (κ1) is 16.1. The fourth-order valence-electron chi connectivity index (χ4n) is 2.50. The van der Waals surface area contributed by atoms with Gasteiger partial charge in [0.05, 0.1) is 5.69 Å². The molecule has 0 saturated carbocycles. The van der Waals surface area contributed by atoms with E-state index in [2.05, 4.69) is 70.4 Å². The number of aromatic nitrogens is 2. The first-order valence-corrected chi connectivity index (χ1v) is 7.19. The van der Waals surface area contributed by atoms with Crippen molar-refractivity contribution < 1.29 is 0 Å². The highest BCUT2D eigenvalue weighted by Gasteiger charge is 2.07. The maximum absolute atomic E-state index is 4.07. The van der Waals surface area contributed by atoms with Crippen LogP contribution in [0.3, 0.4) is 0 Å². The number of hydrogen-bond donors (Lipinski definition) is 0. The van der Waals surface area contributed by atoms with Crippen LogP contribution >= 0.6 is 12.4 Å². The van der Waals surface area contributed by atoms with Gasteiger partial charge < -0.3 is 0 Å². The fourth-order valence-corrected chi connectivity index (χ4v) is 2.50. The molecule has 0 unspecified atom stereocenters. The van der Waals surface area contributed by atoms with E-state index >= 15 is 0 Å². The van der Waals surface area contributed by atoms with Gasteiger partial charge in [-0.3, -0.25) is 14.7 Å². The summed E-state index contributed by atoms with van der Waals surface area (Å²) in [5.41, 5.74) is 3.80. The standard InChI is InChI=1S/C18H19N3.ClH/c1-20(17-11-13-19-14-12-17)21-15-5-8-18(21)10-9-16-6-3-2-4-7-16;/h2-8,11-15H,9-10H2,1H3;1H. The summed E-state index contributed by atoms with van der Waals surface area (Å²) in [4.78, 5) is 4.07. The lowest BCUT2D eigenvalue weighted by Gasteiger charge is -2.23. The molecule has 4 heteroatoms. The highest BCUT2D eigenvalue weighted by atomic mass is 35.5. The molecule has 3 rings (SSSR count). The van der Waals surface area contributed by atoms with Crippen molar-refractivity contribution in [2.45, 2.75) is 12.8 Å². The summed E-state index contributed by atoms with van der Waals surface area (Å²) in [6.07, 6.45) is 7.81. The molecule has 2 heterocycles. The van der Waals surface area contributed by atoms with Crippen LogP contribution in [0, 0.1) is 0 Å². The van der Waals surface area contributed by atoms with Gasteiger partial charge in [-0.15, -0.1) is 12.4 Å². The average Bonchev–Trinajstić information content (AvgIpc) is 3.02. The maximum Gasteiger partial charge on any atom is 0.0605 e. The van der Waals surface area contributed by atoms with Crippen molar-refractivity contribution in [2.75, 3.05) is 12.1 Å². The van der Waals surface area contributed by atoms with E-state index in [0.717, 1.165) is 18.5 Å². The molecule has 2 aromatic heterocycles. The number of hydrogen-bond acceptors (Lipinski definition) is 2. The van der Waals surface area contributed by atoms with E-state index in [0.29, 0.717) is 0 Å². The normalized spacial score (nSPS) is 10.0. The molecule has 3 aromatic rings. The molecule has 1 aromatic carbocycles. The summed E-state index contributed by atoms with van der Waals surface area (Å²) in [5.74, 6) is 0. The van der Waals surface area contributed by atoms with Gasteiger partial charge in [0.1, 0.15) is 0 Å².